The minimum absolute atomic E-state index is 0.0220. The number of ether oxygens (including phenoxy) is 1. The van der Waals surface area contributed by atoms with E-state index in [0.717, 1.165) is 5.56 Å². The third kappa shape index (κ3) is 4.17. The van der Waals surface area contributed by atoms with Crippen molar-refractivity contribution in [2.24, 2.45) is 5.73 Å². The third-order valence-electron chi connectivity index (χ3n) is 4.81. The molecule has 2 aliphatic heterocycles. The lowest BCUT2D eigenvalue weighted by molar-refractivity contribution is -0.118. The van der Waals surface area contributed by atoms with E-state index in [-0.39, 0.29) is 29.7 Å². The Bertz CT molecular complexity index is 944. The van der Waals surface area contributed by atoms with Crippen molar-refractivity contribution in [3.63, 3.8) is 0 Å². The average molecular weight is 401 g/mol. The van der Waals surface area contributed by atoms with Crippen molar-refractivity contribution in [1.29, 1.82) is 0 Å². The summed E-state index contributed by atoms with van der Waals surface area (Å²) in [6.07, 6.45) is 2.23. The first-order valence-electron chi connectivity index (χ1n) is 9.18. The number of benzene rings is 1. The maximum absolute atomic E-state index is 11.8. The second-order valence-corrected chi connectivity index (χ2v) is 7.10. The number of aromatic carboxylic acids is 1. The van der Waals surface area contributed by atoms with Gasteiger partial charge in [0.1, 0.15) is 36.0 Å². The number of carbonyl (C=O) groups excluding carboxylic acids is 1. The number of aromatic nitrogens is 3. The lowest BCUT2D eigenvalue weighted by atomic mass is 9.78. The summed E-state index contributed by atoms with van der Waals surface area (Å²) in [5.41, 5.74) is 5.81. The van der Waals surface area contributed by atoms with Crippen LogP contribution in [0.1, 0.15) is 21.7 Å². The molecule has 1 fully saturated rings. The summed E-state index contributed by atoms with van der Waals surface area (Å²) in [5, 5.41) is 23.5. The highest BCUT2D eigenvalue weighted by atomic mass is 16.5. The fourth-order valence-electron chi connectivity index (χ4n) is 3.46. The molecule has 11 nitrogen and oxygen atoms in total. The molecule has 0 aliphatic carbocycles. The van der Waals surface area contributed by atoms with Gasteiger partial charge in [0.15, 0.2) is 5.82 Å². The zero-order valence-electron chi connectivity index (χ0n) is 15.5. The molecule has 1 aromatic heterocycles. The van der Waals surface area contributed by atoms with Gasteiger partial charge in [-0.15, -0.1) is 0 Å². The number of nitrogens with zero attached hydrogens (tertiary/aromatic N) is 4. The first kappa shape index (κ1) is 19.2. The van der Waals surface area contributed by atoms with Crippen LogP contribution < -0.4 is 15.1 Å². The summed E-state index contributed by atoms with van der Waals surface area (Å²) in [6.45, 7) is 1.61. The number of hydrogen-bond acceptors (Lipinski definition) is 8. The molecule has 0 radical (unpaired) electrons. The Morgan fingerprint density at radius 2 is 2.17 bits per heavy atom. The molecule has 2 aliphatic rings. The van der Waals surface area contributed by atoms with E-state index in [1.54, 1.807) is 12.1 Å². The van der Waals surface area contributed by atoms with Gasteiger partial charge in [-0.3, -0.25) is 9.69 Å². The molecule has 4 N–H and O–H groups in total. The van der Waals surface area contributed by atoms with Gasteiger partial charge in [0.2, 0.25) is 5.91 Å². The van der Waals surface area contributed by atoms with E-state index in [2.05, 4.69) is 10.1 Å². The highest BCUT2D eigenvalue weighted by Crippen LogP contribution is 2.37. The molecule has 1 saturated heterocycles. The summed E-state index contributed by atoms with van der Waals surface area (Å²) < 4.78 is 12.6. The number of likely N-dealkylation sites (tertiary alicyclic amines) is 1. The minimum Gasteiger partial charge on any atom is -0.535 e. The Hall–Kier alpha value is -3.12. The lowest BCUT2D eigenvalue weighted by Gasteiger charge is -2.38. The Kier molecular flexibility index (Phi) is 5.11. The second kappa shape index (κ2) is 7.72. The first-order valence-corrected chi connectivity index (χ1v) is 9.18. The number of carboxylic acids is 1. The van der Waals surface area contributed by atoms with E-state index in [4.69, 9.17) is 15.1 Å². The van der Waals surface area contributed by atoms with E-state index in [1.165, 1.54) is 11.0 Å². The zero-order chi connectivity index (χ0) is 20.5. The van der Waals surface area contributed by atoms with Crippen molar-refractivity contribution >= 4 is 19.0 Å². The molecule has 29 heavy (non-hydrogen) atoms. The minimum atomic E-state index is -1.16. The molecule has 152 valence electrons. The van der Waals surface area contributed by atoms with E-state index >= 15 is 0 Å². The maximum atomic E-state index is 11.8. The van der Waals surface area contributed by atoms with Crippen LogP contribution in [0.3, 0.4) is 0 Å². The highest BCUT2D eigenvalue weighted by molar-refractivity contribution is 6.44. The molecule has 0 spiro atoms. The van der Waals surface area contributed by atoms with Crippen LogP contribution in [0.2, 0.25) is 6.32 Å². The van der Waals surface area contributed by atoms with Crippen LogP contribution in [-0.2, 0) is 24.3 Å². The Balaban J connectivity index is 1.38. The molecule has 2 aromatic rings. The monoisotopic (exact) mass is 401 g/mol. The summed E-state index contributed by atoms with van der Waals surface area (Å²) in [4.78, 5) is 28.8. The van der Waals surface area contributed by atoms with Gasteiger partial charge in [-0.1, -0.05) is 6.07 Å². The van der Waals surface area contributed by atoms with Gasteiger partial charge in [0.05, 0.1) is 6.54 Å². The number of carbonyl (C=O) groups is 2. The molecule has 1 aromatic carbocycles. The van der Waals surface area contributed by atoms with Gasteiger partial charge < -0.3 is 25.3 Å². The van der Waals surface area contributed by atoms with Crippen molar-refractivity contribution < 1.29 is 29.1 Å². The SMILES string of the molecule is NC(=O)Cn1cnc(CN2CC(Oc3ccc4c(c3C(=O)O)OB(O)CC4)C2)n1. The predicted molar refractivity (Wildman–Crippen MR) is 99.4 cm³/mol. The van der Waals surface area contributed by atoms with Gasteiger partial charge in [0.25, 0.3) is 0 Å². The fraction of sp³-hybridized carbons (Fsp3) is 0.412. The van der Waals surface area contributed by atoms with Crippen molar-refractivity contribution in [3.05, 3.63) is 35.4 Å². The van der Waals surface area contributed by atoms with Crippen LogP contribution in [0.4, 0.5) is 0 Å². The van der Waals surface area contributed by atoms with E-state index < -0.39 is 19.0 Å². The first-order chi connectivity index (χ1) is 13.9. The molecular weight excluding hydrogens is 381 g/mol. The number of aryl methyl sites for hydroxylation is 1. The van der Waals surface area contributed by atoms with Gasteiger partial charge >= 0.3 is 13.1 Å². The highest BCUT2D eigenvalue weighted by Gasteiger charge is 2.34. The molecular formula is C17H20BN5O6. The van der Waals surface area contributed by atoms with E-state index in [1.807, 2.05) is 4.90 Å². The van der Waals surface area contributed by atoms with E-state index in [9.17, 15) is 19.7 Å². The normalized spacial score (nSPS) is 16.7. The number of nitrogens with two attached hydrogens (primary N) is 1. The molecule has 3 heterocycles. The van der Waals surface area contributed by atoms with E-state index in [0.29, 0.717) is 38.2 Å². The average Bonchev–Trinajstić information content (AvgIpc) is 3.05. The largest absolute Gasteiger partial charge is 0.535 e. The van der Waals surface area contributed by atoms with Crippen LogP contribution in [0.25, 0.3) is 0 Å². The number of primary amides is 1. The number of carboxylic acid groups (broad SMARTS) is 1. The van der Waals surface area contributed by atoms with Gasteiger partial charge in [0, 0.05) is 13.1 Å². The second-order valence-electron chi connectivity index (χ2n) is 7.10. The van der Waals surface area contributed by atoms with Crippen LogP contribution in [-0.4, -0.2) is 68.0 Å². The summed E-state index contributed by atoms with van der Waals surface area (Å²) in [7, 11) is -1.02. The zero-order valence-corrected chi connectivity index (χ0v) is 15.5. The molecule has 0 saturated carbocycles. The Morgan fingerprint density at radius 1 is 1.38 bits per heavy atom. The van der Waals surface area contributed by atoms with Gasteiger partial charge in [-0.05, 0) is 24.4 Å². The molecule has 12 heteroatoms. The lowest BCUT2D eigenvalue weighted by Crippen LogP contribution is -2.53. The van der Waals surface area contributed by atoms with Crippen molar-refractivity contribution in [2.45, 2.75) is 31.9 Å². The summed E-state index contributed by atoms with van der Waals surface area (Å²) in [6, 6.07) is 3.41. The van der Waals surface area contributed by atoms with Gasteiger partial charge in [-0.25, -0.2) is 14.5 Å². The topological polar surface area (TPSA) is 153 Å². The number of fused-ring (bicyclic) bond motifs is 1. The standard InChI is InChI=1S/C17H20BN5O6/c19-13(24)7-23-9-20-14(21-23)8-22-5-11(6-22)28-12-2-1-10-3-4-18(27)29-16(10)15(12)17(25)26/h1-2,9,11,27H,3-8H2,(H2,19,24)(H,25,26). The summed E-state index contributed by atoms with van der Waals surface area (Å²) >= 11 is 0. The van der Waals surface area contributed by atoms with Crippen molar-refractivity contribution in [2.75, 3.05) is 13.1 Å². The van der Waals surface area contributed by atoms with Crippen LogP contribution in [0.15, 0.2) is 18.5 Å². The predicted octanol–water partition coefficient (Wildman–Crippen LogP) is -0.860. The molecule has 4 rings (SSSR count). The fourth-order valence-corrected chi connectivity index (χ4v) is 3.46. The summed E-state index contributed by atoms with van der Waals surface area (Å²) in [5.74, 6) is -0.693. The quantitative estimate of drug-likeness (QED) is 0.503. The maximum Gasteiger partial charge on any atom is 0.522 e. The van der Waals surface area contributed by atoms with Gasteiger partial charge in [-0.2, -0.15) is 5.10 Å². The third-order valence-corrected chi connectivity index (χ3v) is 4.81. The van der Waals surface area contributed by atoms with Crippen molar-refractivity contribution in [1.82, 2.24) is 19.7 Å². The smallest absolute Gasteiger partial charge is 0.522 e. The van der Waals surface area contributed by atoms with Crippen LogP contribution in [0.5, 0.6) is 11.5 Å². The Morgan fingerprint density at radius 3 is 2.90 bits per heavy atom. The molecule has 0 bridgehead atoms. The molecule has 0 atom stereocenters. The molecule has 0 unspecified atom stereocenters. The number of rotatable bonds is 7. The van der Waals surface area contributed by atoms with Crippen LogP contribution >= 0.6 is 0 Å². The number of amides is 1. The number of hydrogen-bond donors (Lipinski definition) is 3. The van der Waals surface area contributed by atoms with Crippen molar-refractivity contribution in [3.8, 4) is 11.5 Å². The Labute approximate surface area is 166 Å². The van der Waals surface area contributed by atoms with Crippen LogP contribution in [0, 0.1) is 0 Å². The molecule has 1 amide bonds.